The highest BCUT2D eigenvalue weighted by Gasteiger charge is 2.10. The van der Waals surface area contributed by atoms with Crippen LogP contribution in [0, 0.1) is 0 Å². The molecule has 1 aliphatic rings. The summed E-state index contributed by atoms with van der Waals surface area (Å²) in [5, 5.41) is 0. The molecule has 10 heavy (non-hydrogen) atoms. The van der Waals surface area contributed by atoms with Crippen LogP contribution in [-0.4, -0.2) is 0 Å². The van der Waals surface area contributed by atoms with Crippen molar-refractivity contribution in [1.29, 1.82) is 0 Å². The molecule has 1 aromatic rings. The summed E-state index contributed by atoms with van der Waals surface area (Å²) in [7, 11) is 0. The van der Waals surface area contributed by atoms with Crippen LogP contribution >= 0.6 is 12.1 Å². The molecule has 0 bridgehead atoms. The second kappa shape index (κ2) is 1.98. The molecule has 0 atom stereocenters. The predicted molar refractivity (Wildman–Crippen MR) is 45.7 cm³/mol. The highest BCUT2D eigenvalue weighted by molar-refractivity contribution is 8.02. The molecular weight excluding hydrogens is 146 g/mol. The van der Waals surface area contributed by atoms with Crippen molar-refractivity contribution in [3.63, 3.8) is 0 Å². The number of hydrogen-bond acceptors (Lipinski definition) is 4. The number of nitrogens with two attached hydrogens (primary N) is 1. The molecule has 3 nitrogen and oxygen atoms in total. The molecule has 0 spiro atoms. The van der Waals surface area contributed by atoms with Crippen LogP contribution in [0.4, 0.5) is 17.1 Å². The van der Waals surface area contributed by atoms with Crippen LogP contribution in [0.15, 0.2) is 18.2 Å². The number of benzene rings is 1. The summed E-state index contributed by atoms with van der Waals surface area (Å²) in [6.07, 6.45) is 0. The Kier molecular flexibility index (Phi) is 1.14. The quantitative estimate of drug-likeness (QED) is 0.392. The van der Waals surface area contributed by atoms with Crippen molar-refractivity contribution in [3.8, 4) is 0 Å². The van der Waals surface area contributed by atoms with Gasteiger partial charge in [-0.05, 0) is 12.1 Å². The molecule has 0 aromatic heterocycles. The van der Waals surface area contributed by atoms with Gasteiger partial charge in [-0.2, -0.15) is 0 Å². The first-order chi connectivity index (χ1) is 4.88. The van der Waals surface area contributed by atoms with Crippen LogP contribution in [-0.2, 0) is 0 Å². The largest absolute Gasteiger partial charge is 0.397 e. The third-order valence-corrected chi connectivity index (χ3v) is 2.04. The van der Waals surface area contributed by atoms with Crippen LogP contribution in [0.1, 0.15) is 0 Å². The van der Waals surface area contributed by atoms with Crippen LogP contribution in [0.25, 0.3) is 0 Å². The minimum atomic E-state index is 0.787. The Morgan fingerprint density at radius 2 is 2.20 bits per heavy atom. The van der Waals surface area contributed by atoms with Gasteiger partial charge in [0, 0.05) is 0 Å². The first-order valence-corrected chi connectivity index (χ1v) is 3.76. The number of nitrogen functional groups attached to an aromatic ring is 1. The normalized spacial score (nSPS) is 13.6. The molecule has 4 heteroatoms. The van der Waals surface area contributed by atoms with Gasteiger partial charge in [-0.1, -0.05) is 6.07 Å². The van der Waals surface area contributed by atoms with Crippen molar-refractivity contribution in [2.45, 2.75) is 0 Å². The first-order valence-electron chi connectivity index (χ1n) is 2.94. The maximum atomic E-state index is 5.66. The fourth-order valence-electron chi connectivity index (χ4n) is 0.901. The zero-order valence-corrected chi connectivity index (χ0v) is 6.03. The lowest BCUT2D eigenvalue weighted by atomic mass is 10.2. The minimum absolute atomic E-state index is 0.787. The summed E-state index contributed by atoms with van der Waals surface area (Å²) < 4.78 is 6.12. The van der Waals surface area contributed by atoms with E-state index >= 15 is 0 Å². The number of para-hydroxylation sites is 1. The fraction of sp³-hybridized carbons (Fsp3) is 0. The fourth-order valence-corrected chi connectivity index (χ4v) is 1.56. The lowest BCUT2D eigenvalue weighted by Crippen LogP contribution is -1.88. The molecule has 0 saturated heterocycles. The maximum absolute atomic E-state index is 5.66. The summed E-state index contributed by atoms with van der Waals surface area (Å²) in [4.78, 5) is 0. The molecule has 52 valence electrons. The summed E-state index contributed by atoms with van der Waals surface area (Å²) >= 11 is 1.44. The number of hydrogen-bond donors (Lipinski definition) is 3. The van der Waals surface area contributed by atoms with Crippen LogP contribution in [0.3, 0.4) is 0 Å². The van der Waals surface area contributed by atoms with Crippen molar-refractivity contribution >= 4 is 29.2 Å². The number of anilines is 3. The van der Waals surface area contributed by atoms with Gasteiger partial charge in [0.15, 0.2) is 0 Å². The van der Waals surface area contributed by atoms with E-state index in [1.165, 1.54) is 12.1 Å². The van der Waals surface area contributed by atoms with Gasteiger partial charge in [-0.3, -0.25) is 0 Å². The zero-order chi connectivity index (χ0) is 6.97. The highest BCUT2D eigenvalue weighted by atomic mass is 32.2. The lowest BCUT2D eigenvalue weighted by Gasteiger charge is -1.98. The van der Waals surface area contributed by atoms with E-state index in [-0.39, 0.29) is 0 Å². The highest BCUT2D eigenvalue weighted by Crippen LogP contribution is 2.36. The van der Waals surface area contributed by atoms with E-state index in [4.69, 9.17) is 5.73 Å². The van der Waals surface area contributed by atoms with Crippen molar-refractivity contribution in [1.82, 2.24) is 0 Å². The van der Waals surface area contributed by atoms with Gasteiger partial charge in [0.05, 0.1) is 29.2 Å². The summed E-state index contributed by atoms with van der Waals surface area (Å²) in [6.45, 7) is 0. The summed E-state index contributed by atoms with van der Waals surface area (Å²) in [5.41, 5.74) is 8.50. The van der Waals surface area contributed by atoms with Gasteiger partial charge in [-0.15, -0.1) is 0 Å². The van der Waals surface area contributed by atoms with Gasteiger partial charge in [0.25, 0.3) is 0 Å². The summed E-state index contributed by atoms with van der Waals surface area (Å²) in [5.74, 6) is 0. The Morgan fingerprint density at radius 3 is 3.00 bits per heavy atom. The Morgan fingerprint density at radius 1 is 1.30 bits per heavy atom. The third-order valence-electron chi connectivity index (χ3n) is 1.41. The Bertz CT molecular complexity index is 261. The molecule has 0 radical (unpaired) electrons. The second-order valence-corrected chi connectivity index (χ2v) is 2.69. The van der Waals surface area contributed by atoms with Crippen molar-refractivity contribution in [2.75, 3.05) is 15.2 Å². The molecule has 0 amide bonds. The van der Waals surface area contributed by atoms with Gasteiger partial charge < -0.3 is 15.2 Å². The molecule has 1 aliphatic heterocycles. The van der Waals surface area contributed by atoms with E-state index in [0.29, 0.717) is 0 Å². The van der Waals surface area contributed by atoms with E-state index in [0.717, 1.165) is 17.1 Å². The molecular formula is C6H7N3S. The minimum Gasteiger partial charge on any atom is -0.397 e. The second-order valence-electron chi connectivity index (χ2n) is 2.08. The van der Waals surface area contributed by atoms with Crippen LogP contribution in [0.5, 0.6) is 0 Å². The van der Waals surface area contributed by atoms with Gasteiger partial charge in [-0.25, -0.2) is 0 Å². The standard InChI is InChI=1S/C6H7N3S/c7-4-2-1-3-5-6(4)9-10-8-5/h1-3,8-9H,7H2. The Hall–Kier alpha value is -1.03. The number of rotatable bonds is 0. The topological polar surface area (TPSA) is 50.1 Å². The van der Waals surface area contributed by atoms with E-state index in [1.54, 1.807) is 0 Å². The van der Waals surface area contributed by atoms with E-state index in [2.05, 4.69) is 9.44 Å². The molecule has 2 rings (SSSR count). The molecule has 0 unspecified atom stereocenters. The Balaban J connectivity index is 2.59. The maximum Gasteiger partial charge on any atom is 0.0930 e. The van der Waals surface area contributed by atoms with Crippen LogP contribution in [0.2, 0.25) is 0 Å². The predicted octanol–water partition coefficient (Wildman–Crippen LogP) is 1.67. The first kappa shape index (κ1) is 5.73. The van der Waals surface area contributed by atoms with E-state index in [1.807, 2.05) is 18.2 Å². The average molecular weight is 153 g/mol. The number of fused-ring (bicyclic) bond motifs is 1. The lowest BCUT2D eigenvalue weighted by molar-refractivity contribution is 1.68. The Labute approximate surface area is 63.3 Å². The van der Waals surface area contributed by atoms with Crippen LogP contribution < -0.4 is 15.2 Å². The molecule has 1 heterocycles. The van der Waals surface area contributed by atoms with Crippen molar-refractivity contribution < 1.29 is 0 Å². The van der Waals surface area contributed by atoms with Gasteiger partial charge >= 0.3 is 0 Å². The van der Waals surface area contributed by atoms with Gasteiger partial charge in [0.1, 0.15) is 0 Å². The smallest absolute Gasteiger partial charge is 0.0930 e. The average Bonchev–Trinajstić information content (AvgIpc) is 2.36. The molecule has 0 saturated carbocycles. The third kappa shape index (κ3) is 0.690. The van der Waals surface area contributed by atoms with Crippen molar-refractivity contribution in [2.24, 2.45) is 0 Å². The SMILES string of the molecule is Nc1cccc2c1NSN2. The molecule has 1 aromatic carbocycles. The van der Waals surface area contributed by atoms with Gasteiger partial charge in [0.2, 0.25) is 0 Å². The molecule has 0 fully saturated rings. The zero-order valence-electron chi connectivity index (χ0n) is 5.22. The summed E-state index contributed by atoms with van der Waals surface area (Å²) in [6, 6.07) is 5.78. The molecule has 4 N–H and O–H groups in total. The van der Waals surface area contributed by atoms with E-state index in [9.17, 15) is 0 Å². The molecule has 0 aliphatic carbocycles. The van der Waals surface area contributed by atoms with Crippen molar-refractivity contribution in [3.05, 3.63) is 18.2 Å². The van der Waals surface area contributed by atoms with E-state index < -0.39 is 0 Å². The monoisotopic (exact) mass is 153 g/mol. The number of nitrogens with one attached hydrogen (secondary N) is 2.